The minimum atomic E-state index is -0.0978. The van der Waals surface area contributed by atoms with Gasteiger partial charge in [-0.15, -0.1) is 0 Å². The highest BCUT2D eigenvalue weighted by Gasteiger charge is 2.40. The summed E-state index contributed by atoms with van der Waals surface area (Å²) in [5.74, 6) is 0.801. The maximum Gasteiger partial charge on any atom is 0.227 e. The summed E-state index contributed by atoms with van der Waals surface area (Å²) in [5.41, 5.74) is 1.89. The molecule has 1 saturated carbocycles. The first-order chi connectivity index (χ1) is 13.5. The van der Waals surface area contributed by atoms with E-state index in [0.29, 0.717) is 19.0 Å². The molecule has 8 nitrogen and oxygen atoms in total. The lowest BCUT2D eigenvalue weighted by Gasteiger charge is -2.19. The van der Waals surface area contributed by atoms with Crippen LogP contribution >= 0.6 is 0 Å². The average Bonchev–Trinajstić information content (AvgIpc) is 3.34. The predicted octanol–water partition coefficient (Wildman–Crippen LogP) is 0.887. The number of aryl methyl sites for hydroxylation is 1. The van der Waals surface area contributed by atoms with E-state index in [1.807, 2.05) is 28.8 Å². The molecule has 0 spiro atoms. The summed E-state index contributed by atoms with van der Waals surface area (Å²) in [6.45, 7) is 1.07. The number of pyridine rings is 1. The standard InChI is InChI=1S/C20H25N5O3/c1-24-17(6-8-22-24)15-11-25(12-16(15)23-20(27)14-3-4-14)19(26)10-13-5-7-21-18(9-13)28-2/h5-9,14-16H,3-4,10-12H2,1-2H3,(H,23,27)/t15-,16-/m1/s1. The predicted molar refractivity (Wildman–Crippen MR) is 102 cm³/mol. The van der Waals surface area contributed by atoms with E-state index in [1.165, 1.54) is 0 Å². The zero-order chi connectivity index (χ0) is 19.7. The van der Waals surface area contributed by atoms with Crippen LogP contribution in [0.5, 0.6) is 5.88 Å². The Morgan fingerprint density at radius 3 is 2.75 bits per heavy atom. The molecule has 1 N–H and O–H groups in total. The molecule has 2 aromatic heterocycles. The van der Waals surface area contributed by atoms with Crippen molar-refractivity contribution in [2.75, 3.05) is 20.2 Å². The second-order valence-electron chi connectivity index (χ2n) is 7.56. The Bertz CT molecular complexity index is 876. The van der Waals surface area contributed by atoms with E-state index in [-0.39, 0.29) is 36.1 Å². The number of carbonyl (C=O) groups is 2. The van der Waals surface area contributed by atoms with E-state index in [2.05, 4.69) is 15.4 Å². The van der Waals surface area contributed by atoms with Crippen molar-refractivity contribution in [3.05, 3.63) is 41.9 Å². The van der Waals surface area contributed by atoms with Gasteiger partial charge in [-0.3, -0.25) is 14.3 Å². The van der Waals surface area contributed by atoms with Crippen molar-refractivity contribution >= 4 is 11.8 Å². The summed E-state index contributed by atoms with van der Waals surface area (Å²) in [7, 11) is 3.45. The summed E-state index contributed by atoms with van der Waals surface area (Å²) in [6.07, 6.45) is 5.59. The Balaban J connectivity index is 1.48. The first kappa shape index (κ1) is 18.5. The number of hydrogen-bond acceptors (Lipinski definition) is 5. The highest BCUT2D eigenvalue weighted by atomic mass is 16.5. The highest BCUT2D eigenvalue weighted by Crippen LogP contribution is 2.32. The van der Waals surface area contributed by atoms with Crippen LogP contribution in [0.1, 0.15) is 30.0 Å². The Labute approximate surface area is 163 Å². The fourth-order valence-electron chi connectivity index (χ4n) is 3.81. The zero-order valence-corrected chi connectivity index (χ0v) is 16.2. The molecule has 2 atom stereocenters. The van der Waals surface area contributed by atoms with Crippen LogP contribution in [-0.4, -0.2) is 57.7 Å². The monoisotopic (exact) mass is 383 g/mol. The van der Waals surface area contributed by atoms with Crippen molar-refractivity contribution in [3.8, 4) is 5.88 Å². The van der Waals surface area contributed by atoms with Crippen molar-refractivity contribution < 1.29 is 14.3 Å². The van der Waals surface area contributed by atoms with Crippen LogP contribution in [0.4, 0.5) is 0 Å². The van der Waals surface area contributed by atoms with Crippen LogP contribution in [0.15, 0.2) is 30.6 Å². The molecule has 0 aromatic carbocycles. The summed E-state index contributed by atoms with van der Waals surface area (Å²) in [5, 5.41) is 7.43. The SMILES string of the molecule is COc1cc(CC(=O)N2C[C@@H](NC(=O)C3CC3)[C@H](c3ccnn3C)C2)ccn1. The number of ether oxygens (including phenoxy) is 1. The highest BCUT2D eigenvalue weighted by molar-refractivity contribution is 5.82. The van der Waals surface area contributed by atoms with E-state index in [0.717, 1.165) is 24.1 Å². The van der Waals surface area contributed by atoms with Crippen molar-refractivity contribution in [1.29, 1.82) is 0 Å². The van der Waals surface area contributed by atoms with Gasteiger partial charge in [-0.25, -0.2) is 4.98 Å². The van der Waals surface area contributed by atoms with Crippen LogP contribution in [0.25, 0.3) is 0 Å². The molecule has 2 aliphatic rings. The van der Waals surface area contributed by atoms with Crippen molar-refractivity contribution in [1.82, 2.24) is 25.0 Å². The van der Waals surface area contributed by atoms with Crippen molar-refractivity contribution in [2.45, 2.75) is 31.2 Å². The molecule has 0 unspecified atom stereocenters. The van der Waals surface area contributed by atoms with Gasteiger partial charge >= 0.3 is 0 Å². The average molecular weight is 383 g/mol. The topological polar surface area (TPSA) is 89.4 Å². The lowest BCUT2D eigenvalue weighted by atomic mass is 9.99. The van der Waals surface area contributed by atoms with Crippen LogP contribution in [0.2, 0.25) is 0 Å². The second kappa shape index (κ2) is 7.61. The second-order valence-corrected chi connectivity index (χ2v) is 7.56. The van der Waals surface area contributed by atoms with E-state index < -0.39 is 0 Å². The molecule has 2 aromatic rings. The van der Waals surface area contributed by atoms with E-state index >= 15 is 0 Å². The summed E-state index contributed by atoms with van der Waals surface area (Å²) < 4.78 is 6.96. The molecule has 3 heterocycles. The number of methoxy groups -OCH3 is 1. The molecular weight excluding hydrogens is 358 g/mol. The molecular formula is C20H25N5O3. The van der Waals surface area contributed by atoms with Gasteiger partial charge in [0.2, 0.25) is 17.7 Å². The number of aromatic nitrogens is 3. The number of carbonyl (C=O) groups excluding carboxylic acids is 2. The third kappa shape index (κ3) is 3.85. The Kier molecular flexibility index (Phi) is 5.02. The van der Waals surface area contributed by atoms with Gasteiger partial charge in [-0.1, -0.05) is 0 Å². The number of hydrogen-bond donors (Lipinski definition) is 1. The fraction of sp³-hybridized carbons (Fsp3) is 0.500. The van der Waals surface area contributed by atoms with Crippen molar-refractivity contribution in [3.63, 3.8) is 0 Å². The van der Waals surface area contributed by atoms with Gasteiger partial charge in [-0.2, -0.15) is 5.10 Å². The molecule has 1 aliphatic carbocycles. The quantitative estimate of drug-likeness (QED) is 0.800. The normalized spacial score (nSPS) is 21.6. The van der Waals surface area contributed by atoms with Gasteiger partial charge in [0.15, 0.2) is 0 Å². The molecule has 1 aliphatic heterocycles. The maximum atomic E-state index is 12.9. The van der Waals surface area contributed by atoms with Gasteiger partial charge in [0.1, 0.15) is 0 Å². The number of rotatable bonds is 6. The van der Waals surface area contributed by atoms with E-state index in [4.69, 9.17) is 4.74 Å². The Morgan fingerprint density at radius 1 is 1.25 bits per heavy atom. The smallest absolute Gasteiger partial charge is 0.227 e. The first-order valence-electron chi connectivity index (χ1n) is 9.60. The number of nitrogens with one attached hydrogen (secondary N) is 1. The van der Waals surface area contributed by atoms with Crippen molar-refractivity contribution in [2.24, 2.45) is 13.0 Å². The lowest BCUT2D eigenvalue weighted by molar-refractivity contribution is -0.130. The minimum absolute atomic E-state index is 0.0311. The van der Waals surface area contributed by atoms with Gasteiger partial charge in [0, 0.05) is 56.1 Å². The Morgan fingerprint density at radius 2 is 2.07 bits per heavy atom. The molecule has 2 amide bonds. The molecule has 2 fully saturated rings. The summed E-state index contributed by atoms with van der Waals surface area (Å²) in [4.78, 5) is 31.2. The fourth-order valence-corrected chi connectivity index (χ4v) is 3.81. The van der Waals surface area contributed by atoms with E-state index in [1.54, 1.807) is 25.6 Å². The van der Waals surface area contributed by atoms with Crippen LogP contribution in [-0.2, 0) is 23.1 Å². The molecule has 0 bridgehead atoms. The third-order valence-corrected chi connectivity index (χ3v) is 5.55. The van der Waals surface area contributed by atoms with Gasteiger partial charge < -0.3 is 15.0 Å². The van der Waals surface area contributed by atoms with Gasteiger partial charge in [0.25, 0.3) is 0 Å². The summed E-state index contributed by atoms with van der Waals surface area (Å²) >= 11 is 0. The van der Waals surface area contributed by atoms with Gasteiger partial charge in [0.05, 0.1) is 19.6 Å². The Hall–Kier alpha value is -2.90. The third-order valence-electron chi connectivity index (χ3n) is 5.55. The lowest BCUT2D eigenvalue weighted by Crippen LogP contribution is -2.41. The zero-order valence-electron chi connectivity index (χ0n) is 16.2. The molecule has 8 heteroatoms. The molecule has 1 saturated heterocycles. The molecule has 4 rings (SSSR count). The summed E-state index contributed by atoms with van der Waals surface area (Å²) in [6, 6.07) is 5.46. The van der Waals surface area contributed by atoms with Crippen LogP contribution < -0.4 is 10.1 Å². The largest absolute Gasteiger partial charge is 0.481 e. The van der Waals surface area contributed by atoms with Gasteiger partial charge in [-0.05, 0) is 30.5 Å². The van der Waals surface area contributed by atoms with Crippen LogP contribution in [0.3, 0.4) is 0 Å². The number of likely N-dealkylation sites (tertiary alicyclic amines) is 1. The number of nitrogens with zero attached hydrogens (tertiary/aromatic N) is 4. The maximum absolute atomic E-state index is 12.9. The molecule has 0 radical (unpaired) electrons. The first-order valence-corrected chi connectivity index (χ1v) is 9.60. The number of amides is 2. The molecule has 148 valence electrons. The van der Waals surface area contributed by atoms with Crippen LogP contribution in [0, 0.1) is 5.92 Å². The van der Waals surface area contributed by atoms with E-state index in [9.17, 15) is 9.59 Å². The molecule has 28 heavy (non-hydrogen) atoms. The minimum Gasteiger partial charge on any atom is -0.481 e.